The van der Waals surface area contributed by atoms with Crippen LogP contribution in [0.15, 0.2) is 54.7 Å². The zero-order valence-corrected chi connectivity index (χ0v) is 11.4. The molecule has 0 aliphatic heterocycles. The van der Waals surface area contributed by atoms with Gasteiger partial charge in [0.05, 0.1) is 5.52 Å². The fourth-order valence-electron chi connectivity index (χ4n) is 2.20. The summed E-state index contributed by atoms with van der Waals surface area (Å²) in [4.78, 5) is 4.27. The molecule has 0 unspecified atom stereocenters. The van der Waals surface area contributed by atoms with Crippen LogP contribution in [0.2, 0.25) is 0 Å². The predicted molar refractivity (Wildman–Crippen MR) is 80.4 cm³/mol. The third-order valence-electron chi connectivity index (χ3n) is 3.24. The molecule has 0 fully saturated rings. The Hall–Kier alpha value is -2.46. The van der Waals surface area contributed by atoms with E-state index in [1.54, 1.807) is 12.3 Å². The first-order valence-corrected chi connectivity index (χ1v) is 6.70. The van der Waals surface area contributed by atoms with Crippen molar-refractivity contribution in [3.8, 4) is 5.75 Å². The summed E-state index contributed by atoms with van der Waals surface area (Å²) in [5.74, 6) is 0.150. The van der Waals surface area contributed by atoms with Gasteiger partial charge in [0.2, 0.25) is 0 Å². The summed E-state index contributed by atoms with van der Waals surface area (Å²) >= 11 is 0. The van der Waals surface area contributed by atoms with Crippen molar-refractivity contribution >= 4 is 10.9 Å². The molecular weight excluding hydrogens is 267 g/mol. The highest BCUT2D eigenvalue weighted by Crippen LogP contribution is 2.19. The molecule has 0 saturated heterocycles. The van der Waals surface area contributed by atoms with Gasteiger partial charge in [0, 0.05) is 24.2 Å². The second-order valence-electron chi connectivity index (χ2n) is 4.82. The maximum Gasteiger partial charge on any atom is 0.127 e. The van der Waals surface area contributed by atoms with Crippen LogP contribution in [0.25, 0.3) is 10.9 Å². The first-order valence-electron chi connectivity index (χ1n) is 6.70. The molecule has 0 spiro atoms. The Kier molecular flexibility index (Phi) is 3.79. The maximum atomic E-state index is 13.4. The van der Waals surface area contributed by atoms with E-state index in [9.17, 15) is 4.39 Å². The molecule has 3 rings (SSSR count). The third-order valence-corrected chi connectivity index (χ3v) is 3.24. The van der Waals surface area contributed by atoms with Crippen LogP contribution in [0.1, 0.15) is 11.1 Å². The summed E-state index contributed by atoms with van der Waals surface area (Å²) in [6, 6.07) is 14.4. The van der Waals surface area contributed by atoms with E-state index in [-0.39, 0.29) is 12.4 Å². The van der Waals surface area contributed by atoms with Crippen molar-refractivity contribution in [3.05, 3.63) is 71.7 Å². The molecule has 0 aliphatic carbocycles. The number of pyridine rings is 1. The van der Waals surface area contributed by atoms with Gasteiger partial charge >= 0.3 is 0 Å². The minimum absolute atomic E-state index is 0.287. The zero-order valence-electron chi connectivity index (χ0n) is 11.4. The lowest BCUT2D eigenvalue weighted by Gasteiger charge is -2.09. The predicted octanol–water partition coefficient (Wildman–Crippen LogP) is 3.41. The van der Waals surface area contributed by atoms with Crippen molar-refractivity contribution in [3.63, 3.8) is 0 Å². The monoisotopic (exact) mass is 282 g/mol. The highest BCUT2D eigenvalue weighted by Gasteiger charge is 2.03. The Morgan fingerprint density at radius 3 is 2.81 bits per heavy atom. The Morgan fingerprint density at radius 1 is 1.05 bits per heavy atom. The summed E-state index contributed by atoms with van der Waals surface area (Å²) < 4.78 is 19.1. The molecule has 2 aromatic carbocycles. The topological polar surface area (TPSA) is 48.1 Å². The van der Waals surface area contributed by atoms with Gasteiger partial charge in [-0.05, 0) is 41.5 Å². The number of ether oxygens (including phenoxy) is 1. The van der Waals surface area contributed by atoms with Crippen LogP contribution in [0.5, 0.6) is 5.75 Å². The van der Waals surface area contributed by atoms with Gasteiger partial charge in [-0.15, -0.1) is 0 Å². The quantitative estimate of drug-likeness (QED) is 0.797. The van der Waals surface area contributed by atoms with E-state index in [0.717, 1.165) is 16.5 Å². The van der Waals surface area contributed by atoms with Gasteiger partial charge < -0.3 is 10.5 Å². The molecule has 3 aromatic rings. The summed E-state index contributed by atoms with van der Waals surface area (Å²) in [5, 5.41) is 1.06. The number of hydrogen-bond acceptors (Lipinski definition) is 3. The smallest absolute Gasteiger partial charge is 0.127 e. The van der Waals surface area contributed by atoms with Gasteiger partial charge in [-0.1, -0.05) is 12.1 Å². The second-order valence-corrected chi connectivity index (χ2v) is 4.82. The molecule has 3 nitrogen and oxygen atoms in total. The van der Waals surface area contributed by atoms with Gasteiger partial charge in [0.25, 0.3) is 0 Å². The third kappa shape index (κ3) is 3.17. The average Bonchev–Trinajstić information content (AvgIpc) is 2.52. The van der Waals surface area contributed by atoms with E-state index in [4.69, 9.17) is 10.5 Å². The number of fused-ring (bicyclic) bond motifs is 1. The van der Waals surface area contributed by atoms with Crippen molar-refractivity contribution in [2.24, 2.45) is 5.73 Å². The Balaban J connectivity index is 1.78. The lowest BCUT2D eigenvalue weighted by Crippen LogP contribution is -2.00. The average molecular weight is 282 g/mol. The van der Waals surface area contributed by atoms with E-state index in [2.05, 4.69) is 4.98 Å². The largest absolute Gasteiger partial charge is 0.489 e. The van der Waals surface area contributed by atoms with Crippen molar-refractivity contribution < 1.29 is 9.13 Å². The molecule has 4 heteroatoms. The van der Waals surface area contributed by atoms with Gasteiger partial charge in [0.1, 0.15) is 18.2 Å². The van der Waals surface area contributed by atoms with Gasteiger partial charge in [-0.25, -0.2) is 4.39 Å². The number of nitrogens with zero attached hydrogens (tertiary/aromatic N) is 1. The summed E-state index contributed by atoms with van der Waals surface area (Å²) in [5.41, 5.74) is 8.19. The Morgan fingerprint density at radius 2 is 1.95 bits per heavy atom. The first kappa shape index (κ1) is 13.5. The van der Waals surface area contributed by atoms with Crippen LogP contribution >= 0.6 is 0 Å². The molecule has 0 aliphatic rings. The summed E-state index contributed by atoms with van der Waals surface area (Å²) in [6.45, 7) is 0.661. The molecule has 0 saturated carbocycles. The summed E-state index contributed by atoms with van der Waals surface area (Å²) in [7, 11) is 0. The fraction of sp³-hybridized carbons (Fsp3) is 0.118. The highest BCUT2D eigenvalue weighted by atomic mass is 19.1. The minimum atomic E-state index is -0.337. The number of benzene rings is 2. The molecule has 0 amide bonds. The maximum absolute atomic E-state index is 13.4. The summed E-state index contributed by atoms with van der Waals surface area (Å²) in [6.07, 6.45) is 1.76. The van der Waals surface area contributed by atoms with E-state index in [1.165, 1.54) is 12.1 Å². The molecule has 2 N–H and O–H groups in total. The van der Waals surface area contributed by atoms with Crippen molar-refractivity contribution in [2.75, 3.05) is 0 Å². The number of nitrogens with two attached hydrogens (primary N) is 1. The van der Waals surface area contributed by atoms with Crippen molar-refractivity contribution in [1.82, 2.24) is 4.98 Å². The lowest BCUT2D eigenvalue weighted by molar-refractivity contribution is 0.304. The molecule has 0 bridgehead atoms. The molecular formula is C17H15FN2O. The normalized spacial score (nSPS) is 10.8. The molecule has 21 heavy (non-hydrogen) atoms. The molecule has 0 radical (unpaired) electrons. The van der Waals surface area contributed by atoms with Crippen molar-refractivity contribution in [1.29, 1.82) is 0 Å². The van der Waals surface area contributed by atoms with Crippen LogP contribution < -0.4 is 10.5 Å². The number of aromatic nitrogens is 1. The van der Waals surface area contributed by atoms with E-state index >= 15 is 0 Å². The van der Waals surface area contributed by atoms with E-state index < -0.39 is 0 Å². The van der Waals surface area contributed by atoms with Crippen LogP contribution in [-0.4, -0.2) is 4.98 Å². The minimum Gasteiger partial charge on any atom is -0.489 e. The van der Waals surface area contributed by atoms with Crippen LogP contribution in [0, 0.1) is 5.82 Å². The second kappa shape index (κ2) is 5.89. The molecule has 1 aromatic heterocycles. The lowest BCUT2D eigenvalue weighted by atomic mass is 10.1. The number of rotatable bonds is 4. The van der Waals surface area contributed by atoms with Crippen molar-refractivity contribution in [2.45, 2.75) is 13.2 Å². The van der Waals surface area contributed by atoms with Gasteiger partial charge in [-0.2, -0.15) is 0 Å². The Bertz CT molecular complexity index is 774. The zero-order chi connectivity index (χ0) is 14.7. The van der Waals surface area contributed by atoms with Crippen LogP contribution in [0.4, 0.5) is 4.39 Å². The standard InChI is InChI=1S/C17H15FN2O/c18-15-7-13(10-19)8-16(9-15)21-11-12-3-4-17-14(6-12)2-1-5-20-17/h1-9H,10-11,19H2. The Labute approximate surface area is 122 Å². The number of halogens is 1. The molecule has 0 atom stereocenters. The first-order chi connectivity index (χ1) is 10.2. The SMILES string of the molecule is NCc1cc(F)cc(OCc2ccc3ncccc3c2)c1. The highest BCUT2D eigenvalue weighted by molar-refractivity contribution is 5.78. The van der Waals surface area contributed by atoms with E-state index in [1.807, 2.05) is 30.3 Å². The van der Waals surface area contributed by atoms with E-state index in [0.29, 0.717) is 17.9 Å². The van der Waals surface area contributed by atoms with Crippen LogP contribution in [-0.2, 0) is 13.2 Å². The van der Waals surface area contributed by atoms with Gasteiger partial charge in [0.15, 0.2) is 0 Å². The van der Waals surface area contributed by atoms with Crippen LogP contribution in [0.3, 0.4) is 0 Å². The van der Waals surface area contributed by atoms with Gasteiger partial charge in [-0.3, -0.25) is 4.98 Å². The molecule has 1 heterocycles. The molecule has 106 valence electrons. The fourth-order valence-corrected chi connectivity index (χ4v) is 2.20. The number of hydrogen-bond donors (Lipinski definition) is 1.